The fourth-order valence-electron chi connectivity index (χ4n) is 3.30. The molecule has 1 saturated heterocycles. The monoisotopic (exact) mass is 353 g/mol. The second-order valence-corrected chi connectivity index (χ2v) is 7.20. The van der Waals surface area contributed by atoms with Crippen LogP contribution < -0.4 is 0 Å². The molecule has 25 heavy (non-hydrogen) atoms. The Morgan fingerprint density at radius 2 is 2.16 bits per heavy atom. The van der Waals surface area contributed by atoms with Crippen LogP contribution in [0.4, 0.5) is 0 Å². The molecule has 1 fully saturated rings. The van der Waals surface area contributed by atoms with Crippen molar-refractivity contribution in [2.24, 2.45) is 0 Å². The van der Waals surface area contributed by atoms with Gasteiger partial charge in [0.1, 0.15) is 6.54 Å². The van der Waals surface area contributed by atoms with E-state index in [0.29, 0.717) is 5.82 Å². The summed E-state index contributed by atoms with van der Waals surface area (Å²) < 4.78 is 0. The minimum atomic E-state index is 0.0460. The summed E-state index contributed by atoms with van der Waals surface area (Å²) in [5.41, 5.74) is 2.03. The number of nitrogens with zero attached hydrogens (tertiary/aromatic N) is 5. The highest BCUT2D eigenvalue weighted by Gasteiger charge is 2.30. The van der Waals surface area contributed by atoms with Gasteiger partial charge in [0, 0.05) is 17.0 Å². The lowest BCUT2D eigenvalue weighted by atomic mass is 10.1. The van der Waals surface area contributed by atoms with Crippen LogP contribution in [0.1, 0.15) is 29.3 Å². The fourth-order valence-corrected chi connectivity index (χ4v) is 4.17. The number of likely N-dealkylation sites (tertiary alicyclic amines) is 1. The summed E-state index contributed by atoms with van der Waals surface area (Å²) in [4.78, 5) is 17.3. The highest BCUT2D eigenvalue weighted by molar-refractivity contribution is 7.10. The Kier molecular flexibility index (Phi) is 4.31. The van der Waals surface area contributed by atoms with Gasteiger partial charge in [-0.3, -0.25) is 4.79 Å². The maximum atomic E-state index is 12.7. The van der Waals surface area contributed by atoms with Gasteiger partial charge in [-0.1, -0.05) is 30.3 Å². The number of amides is 1. The Balaban J connectivity index is 1.49. The van der Waals surface area contributed by atoms with E-state index >= 15 is 0 Å². The molecule has 2 aromatic heterocycles. The van der Waals surface area contributed by atoms with E-state index in [-0.39, 0.29) is 18.5 Å². The number of carbonyl (C=O) groups is 1. The number of tetrazole rings is 1. The molecule has 0 bridgehead atoms. The largest absolute Gasteiger partial charge is 0.333 e. The van der Waals surface area contributed by atoms with Gasteiger partial charge in [-0.25, -0.2) is 0 Å². The molecular formula is C18H19N5OS. The molecule has 0 saturated carbocycles. The Morgan fingerprint density at radius 1 is 1.28 bits per heavy atom. The van der Waals surface area contributed by atoms with E-state index in [1.807, 2.05) is 42.2 Å². The zero-order chi connectivity index (χ0) is 17.2. The van der Waals surface area contributed by atoms with Crippen molar-refractivity contribution < 1.29 is 4.79 Å². The molecule has 128 valence electrons. The zero-order valence-electron chi connectivity index (χ0n) is 14.0. The van der Waals surface area contributed by atoms with Gasteiger partial charge in [0.15, 0.2) is 0 Å². The number of rotatable bonds is 4. The van der Waals surface area contributed by atoms with Crippen molar-refractivity contribution in [2.75, 3.05) is 6.54 Å². The number of aromatic nitrogens is 4. The molecule has 0 aliphatic carbocycles. The molecule has 1 aliphatic heterocycles. The molecule has 7 heteroatoms. The van der Waals surface area contributed by atoms with Crippen molar-refractivity contribution in [2.45, 2.75) is 32.4 Å². The van der Waals surface area contributed by atoms with Gasteiger partial charge in [-0.15, -0.1) is 21.5 Å². The van der Waals surface area contributed by atoms with E-state index in [9.17, 15) is 4.79 Å². The van der Waals surface area contributed by atoms with Crippen LogP contribution in [-0.4, -0.2) is 37.6 Å². The van der Waals surface area contributed by atoms with Crippen LogP contribution in [0.25, 0.3) is 11.4 Å². The normalized spacial score (nSPS) is 17.2. The van der Waals surface area contributed by atoms with Crippen LogP contribution in [0.15, 0.2) is 41.8 Å². The molecule has 6 nitrogen and oxygen atoms in total. The van der Waals surface area contributed by atoms with Gasteiger partial charge in [-0.05, 0) is 42.0 Å². The van der Waals surface area contributed by atoms with E-state index < -0.39 is 0 Å². The fraction of sp³-hybridized carbons (Fsp3) is 0.333. The second-order valence-electron chi connectivity index (χ2n) is 6.22. The molecule has 0 N–H and O–H groups in total. The summed E-state index contributed by atoms with van der Waals surface area (Å²) in [6.45, 7) is 2.93. The first-order valence-electron chi connectivity index (χ1n) is 8.39. The SMILES string of the molecule is Cc1ccccc1-c1nnn(CC(=O)N2CCCC2c2cccs2)n1. The lowest BCUT2D eigenvalue weighted by Gasteiger charge is -2.23. The second kappa shape index (κ2) is 6.76. The molecule has 4 rings (SSSR count). The smallest absolute Gasteiger partial charge is 0.246 e. The minimum Gasteiger partial charge on any atom is -0.333 e. The highest BCUT2D eigenvalue weighted by Crippen LogP contribution is 2.34. The number of carbonyl (C=O) groups excluding carboxylic acids is 1. The third-order valence-corrected chi connectivity index (χ3v) is 5.53. The lowest BCUT2D eigenvalue weighted by molar-refractivity contribution is -0.133. The van der Waals surface area contributed by atoms with E-state index in [4.69, 9.17) is 0 Å². The van der Waals surface area contributed by atoms with Gasteiger partial charge in [-0.2, -0.15) is 4.80 Å². The van der Waals surface area contributed by atoms with Crippen molar-refractivity contribution >= 4 is 17.2 Å². The van der Waals surface area contributed by atoms with E-state index in [2.05, 4.69) is 26.9 Å². The average molecular weight is 353 g/mol. The Morgan fingerprint density at radius 3 is 2.96 bits per heavy atom. The van der Waals surface area contributed by atoms with Gasteiger partial charge < -0.3 is 4.90 Å². The van der Waals surface area contributed by atoms with Crippen LogP contribution in [0, 0.1) is 6.92 Å². The maximum absolute atomic E-state index is 12.7. The Hall–Kier alpha value is -2.54. The first-order chi connectivity index (χ1) is 12.2. The number of thiophene rings is 1. The predicted octanol–water partition coefficient (Wildman–Crippen LogP) is 3.07. The van der Waals surface area contributed by atoms with Crippen LogP contribution >= 0.6 is 11.3 Å². The summed E-state index contributed by atoms with van der Waals surface area (Å²) in [7, 11) is 0. The highest BCUT2D eigenvalue weighted by atomic mass is 32.1. The van der Waals surface area contributed by atoms with Crippen LogP contribution in [0.5, 0.6) is 0 Å². The lowest BCUT2D eigenvalue weighted by Crippen LogP contribution is -2.33. The van der Waals surface area contributed by atoms with Crippen LogP contribution in [0.2, 0.25) is 0 Å². The third-order valence-electron chi connectivity index (χ3n) is 4.56. The maximum Gasteiger partial charge on any atom is 0.246 e. The van der Waals surface area contributed by atoms with Crippen molar-refractivity contribution in [3.05, 3.63) is 52.2 Å². The standard InChI is InChI=1S/C18H19N5OS/c1-13-6-2-3-7-14(13)18-19-21-23(20-18)12-17(24)22-10-4-8-15(22)16-9-5-11-25-16/h2-3,5-7,9,11,15H,4,8,10,12H2,1H3. The molecule has 1 aliphatic rings. The summed E-state index contributed by atoms with van der Waals surface area (Å²) in [6.07, 6.45) is 2.05. The van der Waals surface area contributed by atoms with Crippen LogP contribution in [0.3, 0.4) is 0 Å². The quantitative estimate of drug-likeness (QED) is 0.723. The minimum absolute atomic E-state index is 0.0460. The van der Waals surface area contributed by atoms with Crippen molar-refractivity contribution in [1.82, 2.24) is 25.1 Å². The van der Waals surface area contributed by atoms with Gasteiger partial charge in [0.2, 0.25) is 11.7 Å². The molecular weight excluding hydrogens is 334 g/mol. The number of aryl methyl sites for hydroxylation is 1. The summed E-state index contributed by atoms with van der Waals surface area (Å²) in [5, 5.41) is 14.6. The summed E-state index contributed by atoms with van der Waals surface area (Å²) in [6, 6.07) is 12.2. The van der Waals surface area contributed by atoms with Crippen LogP contribution in [-0.2, 0) is 11.3 Å². The van der Waals surface area contributed by atoms with Gasteiger partial charge >= 0.3 is 0 Å². The molecule has 1 amide bonds. The number of benzene rings is 1. The first kappa shape index (κ1) is 16.0. The molecule has 3 heterocycles. The van der Waals surface area contributed by atoms with Crippen molar-refractivity contribution in [3.8, 4) is 11.4 Å². The predicted molar refractivity (Wildman–Crippen MR) is 96.0 cm³/mol. The van der Waals surface area contributed by atoms with E-state index in [1.54, 1.807) is 11.3 Å². The topological polar surface area (TPSA) is 63.9 Å². The molecule has 3 aromatic rings. The summed E-state index contributed by atoms with van der Waals surface area (Å²) >= 11 is 1.71. The van der Waals surface area contributed by atoms with Gasteiger partial charge in [0.25, 0.3) is 0 Å². The Labute approximate surface area is 150 Å². The van der Waals surface area contributed by atoms with Crippen molar-refractivity contribution in [1.29, 1.82) is 0 Å². The number of hydrogen-bond acceptors (Lipinski definition) is 5. The van der Waals surface area contributed by atoms with Crippen molar-refractivity contribution in [3.63, 3.8) is 0 Å². The molecule has 0 radical (unpaired) electrons. The van der Waals surface area contributed by atoms with Gasteiger partial charge in [0.05, 0.1) is 6.04 Å². The molecule has 1 aromatic carbocycles. The molecule has 1 atom stereocenters. The number of hydrogen-bond donors (Lipinski definition) is 0. The van der Waals surface area contributed by atoms with E-state index in [1.165, 1.54) is 9.67 Å². The molecule has 1 unspecified atom stereocenters. The van der Waals surface area contributed by atoms with E-state index in [0.717, 1.165) is 30.5 Å². The average Bonchev–Trinajstić information content (AvgIpc) is 3.36. The summed E-state index contributed by atoms with van der Waals surface area (Å²) in [5.74, 6) is 0.603. The first-order valence-corrected chi connectivity index (χ1v) is 9.27. The molecule has 0 spiro atoms. The Bertz CT molecular complexity index is 873. The third kappa shape index (κ3) is 3.19. The zero-order valence-corrected chi connectivity index (χ0v) is 14.8.